The first kappa shape index (κ1) is 14.2. The molecule has 0 saturated carbocycles. The van der Waals surface area contributed by atoms with Gasteiger partial charge in [-0.15, -0.1) is 11.6 Å². The van der Waals surface area contributed by atoms with E-state index in [4.69, 9.17) is 11.6 Å². The number of hydrogen-bond donors (Lipinski definition) is 0. The number of halogens is 1. The van der Waals surface area contributed by atoms with E-state index in [0.717, 1.165) is 18.5 Å². The summed E-state index contributed by atoms with van der Waals surface area (Å²) in [7, 11) is 0. The molecule has 0 N–H and O–H groups in total. The van der Waals surface area contributed by atoms with Crippen molar-refractivity contribution in [1.82, 2.24) is 4.90 Å². The zero-order chi connectivity index (χ0) is 10.8. The van der Waals surface area contributed by atoms with Crippen LogP contribution >= 0.6 is 11.6 Å². The SMILES string of the molecule is CCCCCN(CCCl)C(CC)CC. The lowest BCUT2D eigenvalue weighted by Crippen LogP contribution is -2.36. The van der Waals surface area contributed by atoms with E-state index >= 15 is 0 Å². The number of rotatable bonds is 9. The van der Waals surface area contributed by atoms with Crippen LogP contribution in [0.1, 0.15) is 52.9 Å². The van der Waals surface area contributed by atoms with Gasteiger partial charge in [-0.05, 0) is 25.8 Å². The topological polar surface area (TPSA) is 3.24 Å². The van der Waals surface area contributed by atoms with Crippen LogP contribution in [0.15, 0.2) is 0 Å². The van der Waals surface area contributed by atoms with Gasteiger partial charge in [-0.25, -0.2) is 0 Å². The molecule has 1 nitrogen and oxygen atoms in total. The first-order valence-electron chi connectivity index (χ1n) is 6.10. The molecule has 0 aromatic carbocycles. The summed E-state index contributed by atoms with van der Waals surface area (Å²) in [5.41, 5.74) is 0. The number of nitrogens with zero attached hydrogens (tertiary/aromatic N) is 1. The van der Waals surface area contributed by atoms with Gasteiger partial charge < -0.3 is 0 Å². The summed E-state index contributed by atoms with van der Waals surface area (Å²) in [4.78, 5) is 2.56. The molecule has 0 aliphatic rings. The minimum absolute atomic E-state index is 0.741. The molecule has 0 spiro atoms. The third kappa shape index (κ3) is 5.87. The van der Waals surface area contributed by atoms with Gasteiger partial charge >= 0.3 is 0 Å². The molecule has 0 heterocycles. The summed E-state index contributed by atoms with van der Waals surface area (Å²) in [6, 6.07) is 0.741. The molecule has 0 atom stereocenters. The predicted molar refractivity (Wildman–Crippen MR) is 66.2 cm³/mol. The second-order valence-electron chi connectivity index (χ2n) is 3.90. The van der Waals surface area contributed by atoms with Gasteiger partial charge in [0, 0.05) is 18.5 Å². The highest BCUT2D eigenvalue weighted by Crippen LogP contribution is 2.10. The Morgan fingerprint density at radius 2 is 1.64 bits per heavy atom. The molecule has 0 aromatic heterocycles. The standard InChI is InChI=1S/C12H26ClN/c1-4-7-8-10-14(11-9-13)12(5-2)6-3/h12H,4-11H2,1-3H3. The molecule has 0 aliphatic heterocycles. The molecule has 86 valence electrons. The van der Waals surface area contributed by atoms with Gasteiger partial charge in [-0.3, -0.25) is 4.90 Å². The minimum Gasteiger partial charge on any atom is -0.299 e. The molecule has 0 fully saturated rings. The van der Waals surface area contributed by atoms with Gasteiger partial charge in [0.2, 0.25) is 0 Å². The van der Waals surface area contributed by atoms with E-state index in [1.807, 2.05) is 0 Å². The van der Waals surface area contributed by atoms with E-state index in [0.29, 0.717) is 0 Å². The van der Waals surface area contributed by atoms with E-state index in [1.165, 1.54) is 38.6 Å². The van der Waals surface area contributed by atoms with E-state index < -0.39 is 0 Å². The van der Waals surface area contributed by atoms with Gasteiger partial charge in [-0.2, -0.15) is 0 Å². The Balaban J connectivity index is 3.85. The molecule has 0 aromatic rings. The first-order chi connectivity index (χ1) is 6.79. The van der Waals surface area contributed by atoms with Crippen molar-refractivity contribution in [3.63, 3.8) is 0 Å². The average Bonchev–Trinajstić information content (AvgIpc) is 2.20. The predicted octanol–water partition coefficient (Wildman–Crippen LogP) is 3.91. The second-order valence-corrected chi connectivity index (χ2v) is 4.28. The van der Waals surface area contributed by atoms with E-state index in [2.05, 4.69) is 25.7 Å². The van der Waals surface area contributed by atoms with Crippen molar-refractivity contribution >= 4 is 11.6 Å². The van der Waals surface area contributed by atoms with Crippen LogP contribution in [0.3, 0.4) is 0 Å². The van der Waals surface area contributed by atoms with Crippen LogP contribution < -0.4 is 0 Å². The van der Waals surface area contributed by atoms with Crippen molar-refractivity contribution in [3.05, 3.63) is 0 Å². The lowest BCUT2D eigenvalue weighted by molar-refractivity contribution is 0.193. The molecule has 0 unspecified atom stereocenters. The van der Waals surface area contributed by atoms with Crippen LogP contribution in [0.25, 0.3) is 0 Å². The van der Waals surface area contributed by atoms with Gasteiger partial charge in [0.1, 0.15) is 0 Å². The third-order valence-corrected chi connectivity index (χ3v) is 3.05. The fourth-order valence-corrected chi connectivity index (χ4v) is 2.17. The summed E-state index contributed by atoms with van der Waals surface area (Å²) in [6.07, 6.45) is 6.47. The van der Waals surface area contributed by atoms with Crippen LogP contribution in [0, 0.1) is 0 Å². The highest BCUT2D eigenvalue weighted by atomic mass is 35.5. The summed E-state index contributed by atoms with van der Waals surface area (Å²) in [5, 5.41) is 0. The monoisotopic (exact) mass is 219 g/mol. The minimum atomic E-state index is 0.741. The summed E-state index contributed by atoms with van der Waals surface area (Å²) < 4.78 is 0. The van der Waals surface area contributed by atoms with E-state index in [9.17, 15) is 0 Å². The van der Waals surface area contributed by atoms with Crippen LogP contribution in [0.5, 0.6) is 0 Å². The first-order valence-corrected chi connectivity index (χ1v) is 6.63. The molecule has 0 radical (unpaired) electrons. The molecular weight excluding hydrogens is 194 g/mol. The number of unbranched alkanes of at least 4 members (excludes halogenated alkanes) is 2. The van der Waals surface area contributed by atoms with E-state index in [1.54, 1.807) is 0 Å². The molecule has 0 aliphatic carbocycles. The third-order valence-electron chi connectivity index (χ3n) is 2.88. The van der Waals surface area contributed by atoms with Crippen molar-refractivity contribution in [1.29, 1.82) is 0 Å². The molecule has 0 saturated heterocycles. The Kier molecular flexibility index (Phi) is 9.97. The molecule has 14 heavy (non-hydrogen) atoms. The maximum absolute atomic E-state index is 5.83. The van der Waals surface area contributed by atoms with Crippen molar-refractivity contribution in [2.75, 3.05) is 19.0 Å². The average molecular weight is 220 g/mol. The lowest BCUT2D eigenvalue weighted by atomic mass is 10.1. The van der Waals surface area contributed by atoms with Gasteiger partial charge in [0.25, 0.3) is 0 Å². The Morgan fingerprint density at radius 1 is 1.00 bits per heavy atom. The van der Waals surface area contributed by atoms with Crippen molar-refractivity contribution in [2.45, 2.75) is 58.9 Å². The fourth-order valence-electron chi connectivity index (χ4n) is 1.96. The van der Waals surface area contributed by atoms with E-state index in [-0.39, 0.29) is 0 Å². The Morgan fingerprint density at radius 3 is 2.07 bits per heavy atom. The van der Waals surface area contributed by atoms with Crippen LogP contribution in [0.4, 0.5) is 0 Å². The summed E-state index contributed by atoms with van der Waals surface area (Å²) >= 11 is 5.83. The zero-order valence-electron chi connectivity index (χ0n) is 10.1. The number of alkyl halides is 1. The molecular formula is C12H26ClN. The van der Waals surface area contributed by atoms with Crippen molar-refractivity contribution < 1.29 is 0 Å². The quantitative estimate of drug-likeness (QED) is 0.420. The highest BCUT2D eigenvalue weighted by Gasteiger charge is 2.13. The summed E-state index contributed by atoms with van der Waals surface area (Å²) in [6.45, 7) is 9.08. The zero-order valence-corrected chi connectivity index (χ0v) is 10.8. The molecule has 0 rings (SSSR count). The van der Waals surface area contributed by atoms with Gasteiger partial charge in [0.15, 0.2) is 0 Å². The highest BCUT2D eigenvalue weighted by molar-refractivity contribution is 6.18. The normalized spacial score (nSPS) is 11.6. The smallest absolute Gasteiger partial charge is 0.0351 e. The van der Waals surface area contributed by atoms with Crippen molar-refractivity contribution in [2.24, 2.45) is 0 Å². The second kappa shape index (κ2) is 9.79. The van der Waals surface area contributed by atoms with Gasteiger partial charge in [-0.1, -0.05) is 33.6 Å². The van der Waals surface area contributed by atoms with Gasteiger partial charge in [0.05, 0.1) is 0 Å². The number of hydrogen-bond acceptors (Lipinski definition) is 1. The molecule has 0 bridgehead atoms. The van der Waals surface area contributed by atoms with Crippen molar-refractivity contribution in [3.8, 4) is 0 Å². The molecule has 2 heteroatoms. The van der Waals surface area contributed by atoms with Crippen LogP contribution in [-0.4, -0.2) is 29.9 Å². The Hall–Kier alpha value is 0.250. The summed E-state index contributed by atoms with van der Waals surface area (Å²) in [5.74, 6) is 0.766. The van der Waals surface area contributed by atoms with Crippen LogP contribution in [-0.2, 0) is 0 Å². The lowest BCUT2D eigenvalue weighted by Gasteiger charge is -2.29. The Labute approximate surface area is 94.8 Å². The molecule has 0 amide bonds. The Bertz CT molecular complexity index is 113. The maximum atomic E-state index is 5.83. The fraction of sp³-hybridized carbons (Fsp3) is 1.00. The largest absolute Gasteiger partial charge is 0.299 e. The maximum Gasteiger partial charge on any atom is 0.0351 e. The van der Waals surface area contributed by atoms with Crippen LogP contribution in [0.2, 0.25) is 0 Å².